The molecule has 2 aromatic heterocycles. The number of amides is 2. The van der Waals surface area contributed by atoms with Crippen LogP contribution in [0.25, 0.3) is 11.7 Å². The van der Waals surface area contributed by atoms with Gasteiger partial charge in [0.25, 0.3) is 0 Å². The second kappa shape index (κ2) is 13.2. The Labute approximate surface area is 244 Å². The van der Waals surface area contributed by atoms with Crippen molar-refractivity contribution in [2.75, 3.05) is 18.5 Å². The van der Waals surface area contributed by atoms with Gasteiger partial charge in [-0.2, -0.15) is 0 Å². The molecule has 0 aliphatic heterocycles. The molecule has 0 unspecified atom stereocenters. The van der Waals surface area contributed by atoms with Crippen molar-refractivity contribution in [3.63, 3.8) is 0 Å². The number of aryl methyl sites for hydroxylation is 1. The fraction of sp³-hybridized carbons (Fsp3) is 0.148. The largest absolute Gasteiger partial charge is 0.485 e. The summed E-state index contributed by atoms with van der Waals surface area (Å²) in [6, 6.07) is 16.4. The second-order valence-corrected chi connectivity index (χ2v) is 9.65. The number of nitrogens with zero attached hydrogens (tertiary/aromatic N) is 3. The number of benzene rings is 2. The third kappa shape index (κ3) is 6.69. The summed E-state index contributed by atoms with van der Waals surface area (Å²) >= 11 is 16.6. The van der Waals surface area contributed by atoms with Gasteiger partial charge in [0.05, 0.1) is 22.9 Å². The number of pyridine rings is 1. The maximum atomic E-state index is 12.8. The Bertz CT molecular complexity index is 1490. The average molecular weight is 639 g/mol. The van der Waals surface area contributed by atoms with Crippen LogP contribution in [0.3, 0.4) is 0 Å². The third-order valence-corrected chi connectivity index (χ3v) is 7.36. The number of carbonyl (C=O) groups is 2. The van der Waals surface area contributed by atoms with E-state index in [0.717, 1.165) is 15.9 Å². The molecule has 1 N–H and O–H groups in total. The highest BCUT2D eigenvalue weighted by atomic mass is 79.9. The molecule has 0 saturated heterocycles. The number of aromatic nitrogens is 2. The number of halogens is 4. The Balaban J connectivity index is 0.00000400. The number of carbonyl (C=O) groups excluding carboxylic acids is 2. The zero-order valence-electron chi connectivity index (χ0n) is 20.5. The molecule has 0 saturated carbocycles. The first kappa shape index (κ1) is 29.5. The van der Waals surface area contributed by atoms with Gasteiger partial charge >= 0.3 is 0 Å². The molecule has 7 nitrogen and oxygen atoms in total. The molecule has 0 radical (unpaired) electrons. The molecule has 2 amide bonds. The lowest BCUT2D eigenvalue weighted by Gasteiger charge is -2.21. The van der Waals surface area contributed by atoms with Crippen molar-refractivity contribution in [1.82, 2.24) is 14.7 Å². The van der Waals surface area contributed by atoms with Crippen LogP contribution in [0.4, 0.5) is 5.69 Å². The molecule has 0 bridgehead atoms. The second-order valence-electron chi connectivity index (χ2n) is 8.12. The van der Waals surface area contributed by atoms with Gasteiger partial charge in [-0.05, 0) is 58.8 Å². The number of hydrogen-bond donors (Lipinski definition) is 1. The molecule has 0 aliphatic rings. The van der Waals surface area contributed by atoms with Gasteiger partial charge in [0.1, 0.15) is 11.2 Å². The molecule has 0 aliphatic carbocycles. The maximum Gasteiger partial charge on any atom is 0.246 e. The highest BCUT2D eigenvalue weighted by Gasteiger charge is 2.19. The molecule has 2 aromatic carbocycles. The van der Waals surface area contributed by atoms with E-state index in [1.807, 2.05) is 60.0 Å². The van der Waals surface area contributed by atoms with Gasteiger partial charge in [0, 0.05) is 29.9 Å². The molecule has 0 fully saturated rings. The molecule has 0 atom stereocenters. The van der Waals surface area contributed by atoms with E-state index in [4.69, 9.17) is 27.9 Å². The molecule has 38 heavy (non-hydrogen) atoms. The Morgan fingerprint density at radius 2 is 1.87 bits per heavy atom. The number of fused-ring (bicyclic) bond motifs is 1. The predicted molar refractivity (Wildman–Crippen MR) is 158 cm³/mol. The molecule has 4 rings (SSSR count). The smallest absolute Gasteiger partial charge is 0.246 e. The molecule has 4 aromatic rings. The first-order valence-corrected chi connectivity index (χ1v) is 12.8. The van der Waals surface area contributed by atoms with Crippen LogP contribution in [0, 0.1) is 6.92 Å². The zero-order chi connectivity index (χ0) is 26.5. The van der Waals surface area contributed by atoms with Crippen LogP contribution < -0.4 is 15.0 Å². The summed E-state index contributed by atoms with van der Waals surface area (Å²) in [6.45, 7) is 1.76. The van der Waals surface area contributed by atoms with E-state index in [-0.39, 0.29) is 42.4 Å². The zero-order valence-corrected chi connectivity index (χ0v) is 24.4. The average Bonchev–Trinajstić information content (AvgIpc) is 3.20. The lowest BCUT2D eigenvalue weighted by atomic mass is 10.2. The SMILES string of the molecule is Cc1nc2c(OCc3c(Cl)ccc(N(C)C(=O)CNC(=O)C=Cc4ccccc4)c3Cl)cccn2c1Br.Cl. The summed E-state index contributed by atoms with van der Waals surface area (Å²) in [5, 5.41) is 3.28. The van der Waals surface area contributed by atoms with Crippen LogP contribution in [0.1, 0.15) is 16.8 Å². The van der Waals surface area contributed by atoms with Crippen molar-refractivity contribution in [3.05, 3.63) is 98.3 Å². The van der Waals surface area contributed by atoms with E-state index < -0.39 is 0 Å². The van der Waals surface area contributed by atoms with Crippen molar-refractivity contribution in [2.24, 2.45) is 0 Å². The maximum absolute atomic E-state index is 12.8. The van der Waals surface area contributed by atoms with E-state index in [2.05, 4.69) is 26.2 Å². The van der Waals surface area contributed by atoms with Crippen LogP contribution in [0.2, 0.25) is 10.0 Å². The standard InChI is InChI=1S/C27H23BrCl2N4O3.ClH/c1-17-26(28)34-14-6-9-22(27(34)32-17)37-16-19-20(29)11-12-21(25(19)30)33(2)24(36)15-31-23(35)13-10-18-7-4-3-5-8-18;/h3-14H,15-16H2,1-2H3,(H,31,35);1H. The Kier molecular flexibility index (Phi) is 10.2. The van der Waals surface area contributed by atoms with Crippen LogP contribution >= 0.6 is 51.5 Å². The monoisotopic (exact) mass is 636 g/mol. The summed E-state index contributed by atoms with van der Waals surface area (Å²) in [5.74, 6) is -0.165. The van der Waals surface area contributed by atoms with Crippen molar-refractivity contribution in [3.8, 4) is 5.75 Å². The number of anilines is 1. The van der Waals surface area contributed by atoms with Gasteiger partial charge in [-0.25, -0.2) is 4.98 Å². The molecule has 2 heterocycles. The van der Waals surface area contributed by atoms with Crippen LogP contribution in [-0.2, 0) is 16.2 Å². The summed E-state index contributed by atoms with van der Waals surface area (Å²) < 4.78 is 8.75. The predicted octanol–water partition coefficient (Wildman–Crippen LogP) is 6.51. The van der Waals surface area contributed by atoms with E-state index >= 15 is 0 Å². The van der Waals surface area contributed by atoms with Gasteiger partial charge < -0.3 is 15.0 Å². The minimum Gasteiger partial charge on any atom is -0.485 e. The number of nitrogens with one attached hydrogen (secondary N) is 1. The van der Waals surface area contributed by atoms with Crippen LogP contribution in [0.5, 0.6) is 5.75 Å². The summed E-state index contributed by atoms with van der Waals surface area (Å²) in [7, 11) is 1.58. The molecule has 11 heteroatoms. The number of likely N-dealkylation sites (N-methyl/N-ethyl adjacent to an activating group) is 1. The molecular formula is C27H24BrCl3N4O3. The van der Waals surface area contributed by atoms with E-state index in [9.17, 15) is 9.59 Å². The third-order valence-electron chi connectivity index (χ3n) is 5.63. The normalized spacial score (nSPS) is 10.9. The van der Waals surface area contributed by atoms with E-state index in [1.165, 1.54) is 11.0 Å². The van der Waals surface area contributed by atoms with Gasteiger partial charge in [0.2, 0.25) is 11.8 Å². The van der Waals surface area contributed by atoms with Crippen LogP contribution in [0.15, 0.2) is 71.5 Å². The Hall–Kier alpha value is -3.04. The molecular weight excluding hydrogens is 615 g/mol. The van der Waals surface area contributed by atoms with E-state index in [1.54, 1.807) is 25.3 Å². The van der Waals surface area contributed by atoms with Gasteiger partial charge in [-0.3, -0.25) is 14.0 Å². The Morgan fingerprint density at radius 3 is 2.61 bits per heavy atom. The summed E-state index contributed by atoms with van der Waals surface area (Å²) in [5.41, 5.74) is 3.34. The summed E-state index contributed by atoms with van der Waals surface area (Å²) in [4.78, 5) is 30.8. The first-order valence-electron chi connectivity index (χ1n) is 11.3. The van der Waals surface area contributed by atoms with E-state index in [0.29, 0.717) is 27.7 Å². The van der Waals surface area contributed by atoms with Crippen molar-refractivity contribution >= 4 is 80.8 Å². The lowest BCUT2D eigenvalue weighted by molar-refractivity contribution is -0.122. The van der Waals surface area contributed by atoms with Crippen molar-refractivity contribution < 1.29 is 14.3 Å². The number of imidazole rings is 1. The number of hydrogen-bond acceptors (Lipinski definition) is 4. The Morgan fingerprint density at radius 1 is 1.13 bits per heavy atom. The van der Waals surface area contributed by atoms with Gasteiger partial charge in [-0.15, -0.1) is 12.4 Å². The highest BCUT2D eigenvalue weighted by Crippen LogP contribution is 2.35. The molecule has 0 spiro atoms. The van der Waals surface area contributed by atoms with Crippen molar-refractivity contribution in [2.45, 2.75) is 13.5 Å². The topological polar surface area (TPSA) is 75.9 Å². The lowest BCUT2D eigenvalue weighted by Crippen LogP contribution is -2.37. The summed E-state index contributed by atoms with van der Waals surface area (Å²) in [6.07, 6.45) is 4.94. The minimum absolute atomic E-state index is 0. The fourth-order valence-electron chi connectivity index (χ4n) is 3.58. The number of rotatable bonds is 8. The fourth-order valence-corrected chi connectivity index (χ4v) is 4.56. The van der Waals surface area contributed by atoms with Gasteiger partial charge in [-0.1, -0.05) is 53.5 Å². The van der Waals surface area contributed by atoms with Crippen LogP contribution in [-0.4, -0.2) is 34.8 Å². The minimum atomic E-state index is -0.378. The van der Waals surface area contributed by atoms with Gasteiger partial charge in [0.15, 0.2) is 11.4 Å². The molecule has 198 valence electrons. The number of ether oxygens (including phenoxy) is 1. The quantitative estimate of drug-likeness (QED) is 0.224. The first-order chi connectivity index (χ1) is 17.8. The highest BCUT2D eigenvalue weighted by molar-refractivity contribution is 9.10. The van der Waals surface area contributed by atoms with Crippen molar-refractivity contribution in [1.29, 1.82) is 0 Å².